The summed E-state index contributed by atoms with van der Waals surface area (Å²) < 4.78 is 0. The molecule has 108 valence electrons. The Morgan fingerprint density at radius 3 is 2.58 bits per heavy atom. The first-order valence-electron chi connectivity index (χ1n) is 7.54. The normalized spacial score (nSPS) is 25.1. The Bertz CT molecular complexity index is 359. The highest BCUT2D eigenvalue weighted by Gasteiger charge is 2.39. The van der Waals surface area contributed by atoms with Crippen LogP contribution in [0.15, 0.2) is 0 Å². The molecule has 4 heteroatoms. The largest absolute Gasteiger partial charge is 0.351 e. The summed E-state index contributed by atoms with van der Waals surface area (Å²) in [5.41, 5.74) is -0.180. The molecule has 1 aliphatic carbocycles. The van der Waals surface area contributed by atoms with Crippen molar-refractivity contribution in [3.8, 4) is 0 Å². The predicted molar refractivity (Wildman–Crippen MR) is 74.6 cm³/mol. The minimum atomic E-state index is -0.180. The Kier molecular flexibility index (Phi) is 4.16. The van der Waals surface area contributed by atoms with E-state index in [4.69, 9.17) is 0 Å². The summed E-state index contributed by atoms with van der Waals surface area (Å²) in [7, 11) is 0. The van der Waals surface area contributed by atoms with Crippen LogP contribution in [0.25, 0.3) is 0 Å². The molecule has 0 aromatic rings. The van der Waals surface area contributed by atoms with Crippen LogP contribution in [-0.2, 0) is 9.59 Å². The summed E-state index contributed by atoms with van der Waals surface area (Å²) in [5, 5.41) is 3.06. The Labute approximate surface area is 115 Å². The Morgan fingerprint density at radius 2 is 2.00 bits per heavy atom. The van der Waals surface area contributed by atoms with Crippen molar-refractivity contribution in [2.24, 2.45) is 5.92 Å². The summed E-state index contributed by atoms with van der Waals surface area (Å²) in [6, 6.07) is 0.393. The summed E-state index contributed by atoms with van der Waals surface area (Å²) >= 11 is 0. The van der Waals surface area contributed by atoms with Crippen LogP contribution in [-0.4, -0.2) is 34.8 Å². The smallest absolute Gasteiger partial charge is 0.225 e. The lowest BCUT2D eigenvalue weighted by atomic mass is 9.99. The maximum absolute atomic E-state index is 12.2. The molecule has 0 radical (unpaired) electrons. The molecular weight excluding hydrogens is 240 g/mol. The van der Waals surface area contributed by atoms with E-state index in [0.29, 0.717) is 19.0 Å². The van der Waals surface area contributed by atoms with E-state index >= 15 is 0 Å². The van der Waals surface area contributed by atoms with E-state index in [1.165, 1.54) is 12.8 Å². The van der Waals surface area contributed by atoms with Gasteiger partial charge in [-0.3, -0.25) is 9.59 Å². The molecule has 2 fully saturated rings. The first-order valence-corrected chi connectivity index (χ1v) is 7.54. The molecule has 1 heterocycles. The molecule has 0 aromatic carbocycles. The van der Waals surface area contributed by atoms with Crippen molar-refractivity contribution in [1.82, 2.24) is 10.2 Å². The SMILES string of the molecule is CCC(C)(C)NC(=O)C1CC(=O)N(C2CCCC2)C1. The average Bonchev–Trinajstić information content (AvgIpc) is 2.97. The molecule has 2 aliphatic rings. The third-order valence-corrected chi connectivity index (χ3v) is 4.64. The number of nitrogens with one attached hydrogen (secondary N) is 1. The molecule has 0 aromatic heterocycles. The van der Waals surface area contributed by atoms with E-state index < -0.39 is 0 Å². The molecule has 19 heavy (non-hydrogen) atoms. The molecule has 2 amide bonds. The fourth-order valence-corrected chi connectivity index (χ4v) is 3.00. The Balaban J connectivity index is 1.93. The third-order valence-electron chi connectivity index (χ3n) is 4.64. The molecule has 1 unspecified atom stereocenters. The molecular formula is C15H26N2O2. The van der Waals surface area contributed by atoms with Crippen LogP contribution < -0.4 is 5.32 Å². The van der Waals surface area contributed by atoms with Gasteiger partial charge >= 0.3 is 0 Å². The summed E-state index contributed by atoms with van der Waals surface area (Å²) in [4.78, 5) is 26.2. The number of rotatable bonds is 4. The molecule has 1 atom stereocenters. The van der Waals surface area contributed by atoms with Crippen LogP contribution in [0, 0.1) is 5.92 Å². The molecule has 0 bridgehead atoms. The standard InChI is InChI=1S/C15H26N2O2/c1-4-15(2,3)16-14(19)11-9-13(18)17(10-11)12-7-5-6-8-12/h11-12H,4-10H2,1-3H3,(H,16,19). The number of hydrogen-bond acceptors (Lipinski definition) is 2. The van der Waals surface area contributed by atoms with Gasteiger partial charge in [-0.15, -0.1) is 0 Å². The first kappa shape index (κ1) is 14.4. The second-order valence-corrected chi connectivity index (χ2v) is 6.61. The van der Waals surface area contributed by atoms with Gasteiger partial charge in [-0.2, -0.15) is 0 Å². The molecule has 4 nitrogen and oxygen atoms in total. The molecule has 2 rings (SSSR count). The van der Waals surface area contributed by atoms with E-state index in [-0.39, 0.29) is 23.3 Å². The van der Waals surface area contributed by atoms with Gasteiger partial charge < -0.3 is 10.2 Å². The average molecular weight is 266 g/mol. The zero-order valence-electron chi connectivity index (χ0n) is 12.4. The van der Waals surface area contributed by atoms with E-state index in [2.05, 4.69) is 12.2 Å². The van der Waals surface area contributed by atoms with E-state index in [1.807, 2.05) is 18.7 Å². The summed E-state index contributed by atoms with van der Waals surface area (Å²) in [5.74, 6) is 0.0565. The van der Waals surface area contributed by atoms with Gasteiger partial charge in [0.2, 0.25) is 11.8 Å². The van der Waals surface area contributed by atoms with Gasteiger partial charge in [0.05, 0.1) is 5.92 Å². The number of nitrogens with zero attached hydrogens (tertiary/aromatic N) is 1. The van der Waals surface area contributed by atoms with Crippen molar-refractivity contribution < 1.29 is 9.59 Å². The quantitative estimate of drug-likeness (QED) is 0.847. The zero-order valence-corrected chi connectivity index (χ0v) is 12.4. The second-order valence-electron chi connectivity index (χ2n) is 6.61. The van der Waals surface area contributed by atoms with Crippen molar-refractivity contribution >= 4 is 11.8 Å². The number of amides is 2. The highest BCUT2D eigenvalue weighted by atomic mass is 16.2. The predicted octanol–water partition coefficient (Wildman–Crippen LogP) is 2.08. The minimum absolute atomic E-state index is 0.0423. The highest BCUT2D eigenvalue weighted by molar-refractivity contribution is 5.89. The monoisotopic (exact) mass is 266 g/mol. The van der Waals surface area contributed by atoms with Gasteiger partial charge in [0.25, 0.3) is 0 Å². The first-order chi connectivity index (χ1) is 8.93. The van der Waals surface area contributed by atoms with Gasteiger partial charge in [0.1, 0.15) is 0 Å². The van der Waals surface area contributed by atoms with Crippen molar-refractivity contribution in [3.63, 3.8) is 0 Å². The van der Waals surface area contributed by atoms with Crippen molar-refractivity contribution in [1.29, 1.82) is 0 Å². The number of carbonyl (C=O) groups is 2. The van der Waals surface area contributed by atoms with Crippen LogP contribution in [0.5, 0.6) is 0 Å². The van der Waals surface area contributed by atoms with Crippen molar-refractivity contribution in [2.75, 3.05) is 6.54 Å². The van der Waals surface area contributed by atoms with Gasteiger partial charge in [-0.1, -0.05) is 19.8 Å². The van der Waals surface area contributed by atoms with E-state index in [1.54, 1.807) is 0 Å². The Morgan fingerprint density at radius 1 is 1.37 bits per heavy atom. The maximum Gasteiger partial charge on any atom is 0.225 e. The molecule has 1 N–H and O–H groups in total. The summed E-state index contributed by atoms with van der Waals surface area (Å²) in [6.07, 6.45) is 5.94. The second kappa shape index (κ2) is 5.51. The molecule has 1 saturated carbocycles. The van der Waals surface area contributed by atoms with Gasteiger partial charge in [0.15, 0.2) is 0 Å². The summed E-state index contributed by atoms with van der Waals surface area (Å²) in [6.45, 7) is 6.73. The lowest BCUT2D eigenvalue weighted by Gasteiger charge is -2.27. The van der Waals surface area contributed by atoms with Gasteiger partial charge in [-0.05, 0) is 33.1 Å². The fourth-order valence-electron chi connectivity index (χ4n) is 3.00. The molecule has 1 aliphatic heterocycles. The highest BCUT2D eigenvalue weighted by Crippen LogP contribution is 2.29. The Hall–Kier alpha value is -1.06. The van der Waals surface area contributed by atoms with E-state index in [9.17, 15) is 9.59 Å². The number of hydrogen-bond donors (Lipinski definition) is 1. The lowest BCUT2D eigenvalue weighted by Crippen LogP contribution is -2.46. The maximum atomic E-state index is 12.2. The van der Waals surface area contributed by atoms with Crippen LogP contribution in [0.3, 0.4) is 0 Å². The lowest BCUT2D eigenvalue weighted by molar-refractivity contribution is -0.130. The van der Waals surface area contributed by atoms with Crippen LogP contribution >= 0.6 is 0 Å². The van der Waals surface area contributed by atoms with Gasteiger partial charge in [0, 0.05) is 24.5 Å². The zero-order chi connectivity index (χ0) is 14.0. The third kappa shape index (κ3) is 3.28. The minimum Gasteiger partial charge on any atom is -0.351 e. The van der Waals surface area contributed by atoms with Crippen molar-refractivity contribution in [3.05, 3.63) is 0 Å². The number of carbonyl (C=O) groups excluding carboxylic acids is 2. The van der Waals surface area contributed by atoms with Crippen LogP contribution in [0.1, 0.15) is 59.3 Å². The van der Waals surface area contributed by atoms with E-state index in [0.717, 1.165) is 19.3 Å². The van der Waals surface area contributed by atoms with Crippen LogP contribution in [0.2, 0.25) is 0 Å². The van der Waals surface area contributed by atoms with Crippen molar-refractivity contribution in [2.45, 2.75) is 70.9 Å². The fraction of sp³-hybridized carbons (Fsp3) is 0.867. The topological polar surface area (TPSA) is 49.4 Å². The van der Waals surface area contributed by atoms with Gasteiger partial charge in [-0.25, -0.2) is 0 Å². The number of likely N-dealkylation sites (tertiary alicyclic amines) is 1. The molecule has 1 saturated heterocycles. The molecule has 0 spiro atoms. The van der Waals surface area contributed by atoms with Crippen LogP contribution in [0.4, 0.5) is 0 Å².